The van der Waals surface area contributed by atoms with Gasteiger partial charge in [0.1, 0.15) is 19.6 Å². The minimum absolute atomic E-state index is 0.0201. The van der Waals surface area contributed by atoms with Crippen molar-refractivity contribution in [2.45, 2.75) is 81.6 Å². The monoisotopic (exact) mass is 922 g/mol. The molecule has 332 valence electrons. The molecule has 2 fully saturated rings. The maximum absolute atomic E-state index is 12.8. The molecule has 20 N–H and O–H groups in total. The summed E-state index contributed by atoms with van der Waals surface area (Å²) in [4.78, 5) is -2.64. The van der Waals surface area contributed by atoms with Crippen LogP contribution < -0.4 is 53.3 Å². The minimum Gasteiger partial charge on any atom is -0.390 e. The van der Waals surface area contributed by atoms with E-state index in [0.29, 0.717) is 25.7 Å². The Morgan fingerprint density at radius 2 is 0.983 bits per heavy atom. The Morgan fingerprint density at radius 3 is 1.25 bits per heavy atom. The van der Waals surface area contributed by atoms with Crippen LogP contribution in [0.5, 0.6) is 0 Å². The third kappa shape index (κ3) is 11.1. The Labute approximate surface area is 343 Å². The smallest absolute Gasteiger partial charge is 0.242 e. The molecule has 0 spiro atoms. The summed E-state index contributed by atoms with van der Waals surface area (Å²) < 4.78 is 105. The lowest BCUT2D eigenvalue weighted by Crippen LogP contribution is -2.44. The average Bonchev–Trinajstić information content (AvgIpc) is 3.90. The van der Waals surface area contributed by atoms with E-state index in [-0.39, 0.29) is 71.4 Å². The summed E-state index contributed by atoms with van der Waals surface area (Å²) >= 11 is 0. The quantitative estimate of drug-likeness (QED) is 0.0442. The van der Waals surface area contributed by atoms with E-state index >= 15 is 0 Å². The number of tetrazole rings is 2. The van der Waals surface area contributed by atoms with Crippen LogP contribution in [0.4, 0.5) is 11.4 Å². The lowest BCUT2D eigenvalue weighted by atomic mass is 9.87. The summed E-state index contributed by atoms with van der Waals surface area (Å²) in [6.45, 7) is -1.21. The Bertz CT molecular complexity index is 2380. The number of aromatic amines is 2. The zero-order valence-corrected chi connectivity index (χ0v) is 34.6. The predicted molar refractivity (Wildman–Crippen MR) is 212 cm³/mol. The molecule has 0 aliphatic heterocycles. The SMILES string of the molecule is NC[C@@H](O)CNS(=O)(=O)c1ccc(NC2CC(N)C2)c(-c2nn[nH]n2)c1S(N)(=O)=O.NC[C@@H](O)CNS(=O)(=O)c1ccc(NC2CC(N)C2)c(-c2nn[nH]n2)c1S(N)(=O)=O. The molecule has 60 heavy (non-hydrogen) atoms. The zero-order valence-electron chi connectivity index (χ0n) is 31.4. The summed E-state index contributed by atoms with van der Waals surface area (Å²) in [5.74, 6) is -0.326. The number of rotatable bonds is 18. The number of hydrogen-bond donors (Lipinski definition) is 14. The second kappa shape index (κ2) is 18.7. The molecule has 2 aromatic carbocycles. The number of nitrogens with two attached hydrogens (primary N) is 6. The molecule has 2 aliphatic rings. The third-order valence-electron chi connectivity index (χ3n) is 9.16. The van der Waals surface area contributed by atoms with Crippen molar-refractivity contribution in [1.82, 2.24) is 50.7 Å². The van der Waals surface area contributed by atoms with Crippen molar-refractivity contribution < 1.29 is 43.9 Å². The third-order valence-corrected chi connectivity index (χ3v) is 14.3. The molecule has 2 heterocycles. The molecule has 4 aromatic rings. The first kappa shape index (κ1) is 46.6. The number of aromatic nitrogens is 8. The van der Waals surface area contributed by atoms with Gasteiger partial charge >= 0.3 is 0 Å². The predicted octanol–water partition coefficient (Wildman–Crippen LogP) is -5.97. The summed E-state index contributed by atoms with van der Waals surface area (Å²) in [5, 5.41) is 62.5. The molecule has 2 aliphatic carbocycles. The molecule has 2 atom stereocenters. The second-order valence-electron chi connectivity index (χ2n) is 13.8. The summed E-state index contributed by atoms with van der Waals surface area (Å²) in [7, 11) is -17.9. The van der Waals surface area contributed by atoms with Crippen LogP contribution in [0.3, 0.4) is 0 Å². The lowest BCUT2D eigenvalue weighted by Gasteiger charge is -2.34. The Balaban J connectivity index is 0.000000228. The van der Waals surface area contributed by atoms with Crippen molar-refractivity contribution in [3.63, 3.8) is 0 Å². The molecule has 0 unspecified atom stereocenters. The summed E-state index contributed by atoms with van der Waals surface area (Å²) in [6, 6.07) is 4.93. The number of aliphatic hydroxyl groups is 2. The van der Waals surface area contributed by atoms with Gasteiger partial charge in [0.15, 0.2) is 0 Å². The van der Waals surface area contributed by atoms with Crippen molar-refractivity contribution in [2.24, 2.45) is 33.2 Å². The van der Waals surface area contributed by atoms with Crippen LogP contribution in [0.1, 0.15) is 25.7 Å². The number of hydrogen-bond acceptors (Lipinski definition) is 22. The van der Waals surface area contributed by atoms with Gasteiger partial charge in [0.25, 0.3) is 0 Å². The second-order valence-corrected chi connectivity index (χ2v) is 20.3. The lowest BCUT2D eigenvalue weighted by molar-refractivity contribution is 0.186. The fourth-order valence-electron chi connectivity index (χ4n) is 6.07. The van der Waals surface area contributed by atoms with E-state index < -0.39 is 85.0 Å². The molecule has 2 aromatic heterocycles. The van der Waals surface area contributed by atoms with E-state index in [1.54, 1.807) is 0 Å². The van der Waals surface area contributed by atoms with Gasteiger partial charge in [-0.15, -0.1) is 20.4 Å². The van der Waals surface area contributed by atoms with Gasteiger partial charge in [0.05, 0.1) is 23.3 Å². The molecule has 0 amide bonds. The molecule has 28 nitrogen and oxygen atoms in total. The fourth-order valence-corrected chi connectivity index (χ4v) is 11.4. The van der Waals surface area contributed by atoms with Crippen LogP contribution in [0.2, 0.25) is 0 Å². The van der Waals surface area contributed by atoms with Crippen LogP contribution in [0.15, 0.2) is 43.8 Å². The highest BCUT2D eigenvalue weighted by molar-refractivity contribution is 7.93. The normalized spacial score (nSPS) is 20.5. The molecule has 0 radical (unpaired) electrons. The van der Waals surface area contributed by atoms with Crippen molar-refractivity contribution >= 4 is 51.5 Å². The van der Waals surface area contributed by atoms with Crippen LogP contribution in [-0.2, 0) is 40.1 Å². The highest BCUT2D eigenvalue weighted by atomic mass is 32.2. The van der Waals surface area contributed by atoms with Gasteiger partial charge in [0, 0.05) is 61.7 Å². The number of primary sulfonamides is 2. The van der Waals surface area contributed by atoms with Gasteiger partial charge < -0.3 is 43.8 Å². The summed E-state index contributed by atoms with van der Waals surface area (Å²) in [5.41, 5.74) is 22.4. The number of benzene rings is 2. The van der Waals surface area contributed by atoms with Gasteiger partial charge in [-0.25, -0.2) is 53.4 Å². The standard InChI is InChI=1S/2C14H23N9O5S2/c2*15-5-9(24)6-18-30(27,28)11-2-1-10(19-8-3-7(16)4-8)12(13(11)29(17,25)26)14-20-22-23-21-14/h2*1-2,7-9,18-19,24H,3-6,15-16H2,(H2,17,25,26)(H,20,21,22,23)/t2*7?,8?,9-/m11/s1. The van der Waals surface area contributed by atoms with Gasteiger partial charge in [0.2, 0.25) is 51.7 Å². The first-order valence-electron chi connectivity index (χ1n) is 17.7. The van der Waals surface area contributed by atoms with Crippen LogP contribution in [0.25, 0.3) is 22.8 Å². The van der Waals surface area contributed by atoms with Gasteiger partial charge in [-0.2, -0.15) is 10.4 Å². The van der Waals surface area contributed by atoms with E-state index in [4.69, 9.17) is 33.2 Å². The molecular formula is C28H46N18O10S4. The van der Waals surface area contributed by atoms with E-state index in [2.05, 4.69) is 61.3 Å². The number of sulfonamides is 4. The van der Waals surface area contributed by atoms with E-state index in [0.717, 1.165) is 12.1 Å². The van der Waals surface area contributed by atoms with E-state index in [1.807, 2.05) is 0 Å². The van der Waals surface area contributed by atoms with Crippen molar-refractivity contribution in [3.8, 4) is 22.8 Å². The van der Waals surface area contributed by atoms with Crippen molar-refractivity contribution in [1.29, 1.82) is 0 Å². The minimum atomic E-state index is -4.57. The number of nitrogens with zero attached hydrogens (tertiary/aromatic N) is 6. The molecule has 0 bridgehead atoms. The van der Waals surface area contributed by atoms with Crippen molar-refractivity contribution in [3.05, 3.63) is 24.3 Å². The molecule has 0 saturated heterocycles. The molecule has 32 heteroatoms. The van der Waals surface area contributed by atoms with Gasteiger partial charge in [-0.05, 0) is 60.4 Å². The topological polar surface area (TPSA) is 490 Å². The van der Waals surface area contributed by atoms with E-state index in [9.17, 15) is 43.9 Å². The molecule has 6 rings (SSSR count). The summed E-state index contributed by atoms with van der Waals surface area (Å²) in [6.07, 6.45) is 0.282. The number of aliphatic hydroxyl groups excluding tert-OH is 2. The van der Waals surface area contributed by atoms with E-state index in [1.165, 1.54) is 12.1 Å². The fraction of sp³-hybridized carbons (Fsp3) is 0.500. The first-order chi connectivity index (χ1) is 28.1. The largest absolute Gasteiger partial charge is 0.390 e. The van der Waals surface area contributed by atoms with Gasteiger partial charge in [-0.1, -0.05) is 0 Å². The van der Waals surface area contributed by atoms with Crippen molar-refractivity contribution in [2.75, 3.05) is 36.8 Å². The Morgan fingerprint density at radius 1 is 0.633 bits per heavy atom. The highest BCUT2D eigenvalue weighted by Crippen LogP contribution is 2.39. The average molecular weight is 923 g/mol. The maximum atomic E-state index is 12.8. The van der Waals surface area contributed by atoms with Crippen LogP contribution in [0, 0.1) is 0 Å². The number of nitrogens with one attached hydrogen (secondary N) is 6. The molecule has 2 saturated carbocycles. The molecular weight excluding hydrogens is 877 g/mol. The van der Waals surface area contributed by atoms with Crippen LogP contribution >= 0.6 is 0 Å². The first-order valence-corrected chi connectivity index (χ1v) is 23.8. The number of anilines is 2. The maximum Gasteiger partial charge on any atom is 0.242 e. The Kier molecular flexibility index (Phi) is 14.5. The highest BCUT2D eigenvalue weighted by Gasteiger charge is 2.36. The van der Waals surface area contributed by atoms with Crippen LogP contribution in [-0.4, -0.2) is 148 Å². The van der Waals surface area contributed by atoms with Gasteiger partial charge in [-0.3, -0.25) is 0 Å². The zero-order chi connectivity index (χ0) is 44.2. The Hall–Kier alpha value is -4.42. The number of H-pyrrole nitrogens is 2.